The van der Waals surface area contributed by atoms with Crippen molar-refractivity contribution < 1.29 is 5.11 Å². The number of aliphatic hydroxyl groups excluding tert-OH is 1. The Hall–Kier alpha value is -1.91. The molecule has 1 saturated heterocycles. The summed E-state index contributed by atoms with van der Waals surface area (Å²) in [6.45, 7) is 17.1. The zero-order valence-corrected chi connectivity index (χ0v) is 20.7. The first-order chi connectivity index (χ1) is 15.2. The van der Waals surface area contributed by atoms with Crippen LogP contribution in [0, 0.1) is 5.92 Å². The molecule has 1 aromatic carbocycles. The SMILES string of the molecule is CC(CO)CCN1CCN(c2cccc(-c3ccc4c(c3)C(C)(C)CCC4(C)C)n2)CC1. The first kappa shape index (κ1) is 23.3. The number of hydrogen-bond acceptors (Lipinski definition) is 4. The maximum absolute atomic E-state index is 9.26. The Kier molecular flexibility index (Phi) is 6.65. The Labute approximate surface area is 194 Å². The highest BCUT2D eigenvalue weighted by Crippen LogP contribution is 2.46. The molecule has 4 rings (SSSR count). The molecule has 2 aromatic rings. The highest BCUT2D eigenvalue weighted by molar-refractivity contribution is 5.65. The fourth-order valence-corrected chi connectivity index (χ4v) is 5.20. The minimum absolute atomic E-state index is 0.211. The molecule has 1 aliphatic carbocycles. The minimum atomic E-state index is 0.211. The van der Waals surface area contributed by atoms with Gasteiger partial charge in [0, 0.05) is 38.3 Å². The lowest BCUT2D eigenvalue weighted by Gasteiger charge is -2.42. The Balaban J connectivity index is 1.50. The molecular weight excluding hydrogens is 394 g/mol. The van der Waals surface area contributed by atoms with E-state index in [0.717, 1.165) is 50.7 Å². The molecule has 0 spiro atoms. The summed E-state index contributed by atoms with van der Waals surface area (Å²) >= 11 is 0. The molecule has 0 amide bonds. The molecule has 0 saturated carbocycles. The lowest BCUT2D eigenvalue weighted by atomic mass is 9.63. The predicted octanol–water partition coefficient (Wildman–Crippen LogP) is 5.24. The average Bonchev–Trinajstić information content (AvgIpc) is 2.81. The second kappa shape index (κ2) is 9.15. The zero-order chi connectivity index (χ0) is 22.9. The van der Waals surface area contributed by atoms with Crippen LogP contribution >= 0.6 is 0 Å². The summed E-state index contributed by atoms with van der Waals surface area (Å²) in [6, 6.07) is 13.5. The summed E-state index contributed by atoms with van der Waals surface area (Å²) in [7, 11) is 0. The molecule has 174 valence electrons. The number of fused-ring (bicyclic) bond motifs is 1. The van der Waals surface area contributed by atoms with Gasteiger partial charge in [0.25, 0.3) is 0 Å². The maximum atomic E-state index is 9.26. The minimum Gasteiger partial charge on any atom is -0.396 e. The summed E-state index contributed by atoms with van der Waals surface area (Å²) in [6.07, 6.45) is 3.53. The van der Waals surface area contributed by atoms with E-state index in [1.54, 1.807) is 0 Å². The Morgan fingerprint density at radius 1 is 0.938 bits per heavy atom. The molecule has 1 fully saturated rings. The third-order valence-electron chi connectivity index (χ3n) is 7.83. The molecule has 1 atom stereocenters. The summed E-state index contributed by atoms with van der Waals surface area (Å²) in [5.41, 5.74) is 5.75. The predicted molar refractivity (Wildman–Crippen MR) is 134 cm³/mol. The monoisotopic (exact) mass is 435 g/mol. The second-order valence-corrected chi connectivity index (χ2v) is 11.3. The van der Waals surface area contributed by atoms with Gasteiger partial charge in [-0.05, 0) is 71.9 Å². The fourth-order valence-electron chi connectivity index (χ4n) is 5.20. The van der Waals surface area contributed by atoms with Crippen molar-refractivity contribution in [3.63, 3.8) is 0 Å². The molecule has 0 radical (unpaired) electrons. The van der Waals surface area contributed by atoms with Crippen LogP contribution in [0.25, 0.3) is 11.3 Å². The van der Waals surface area contributed by atoms with Gasteiger partial charge in [-0.25, -0.2) is 4.98 Å². The third kappa shape index (κ3) is 4.87. The quantitative estimate of drug-likeness (QED) is 0.674. The maximum Gasteiger partial charge on any atom is 0.129 e. The van der Waals surface area contributed by atoms with E-state index in [0.29, 0.717) is 5.92 Å². The largest absolute Gasteiger partial charge is 0.396 e. The number of piperazine rings is 1. The molecule has 1 aliphatic heterocycles. The molecule has 0 bridgehead atoms. The Bertz CT molecular complexity index is 928. The van der Waals surface area contributed by atoms with Gasteiger partial charge in [-0.15, -0.1) is 0 Å². The van der Waals surface area contributed by atoms with Crippen LogP contribution in [0.1, 0.15) is 65.0 Å². The molecule has 32 heavy (non-hydrogen) atoms. The van der Waals surface area contributed by atoms with E-state index in [2.05, 4.69) is 80.8 Å². The molecule has 1 unspecified atom stereocenters. The van der Waals surface area contributed by atoms with Crippen LogP contribution in [0.15, 0.2) is 36.4 Å². The first-order valence-corrected chi connectivity index (χ1v) is 12.4. The smallest absolute Gasteiger partial charge is 0.129 e. The lowest BCUT2D eigenvalue weighted by Crippen LogP contribution is -2.47. The van der Waals surface area contributed by atoms with Gasteiger partial charge < -0.3 is 10.0 Å². The third-order valence-corrected chi connectivity index (χ3v) is 7.83. The zero-order valence-electron chi connectivity index (χ0n) is 20.7. The van der Waals surface area contributed by atoms with Crippen LogP contribution in [-0.4, -0.2) is 54.3 Å². The first-order valence-electron chi connectivity index (χ1n) is 12.4. The van der Waals surface area contributed by atoms with E-state index in [1.807, 2.05) is 0 Å². The average molecular weight is 436 g/mol. The summed E-state index contributed by atoms with van der Waals surface area (Å²) in [4.78, 5) is 10.0. The number of pyridine rings is 1. The highest BCUT2D eigenvalue weighted by Gasteiger charge is 2.37. The van der Waals surface area contributed by atoms with Crippen molar-refractivity contribution in [1.29, 1.82) is 0 Å². The topological polar surface area (TPSA) is 39.6 Å². The van der Waals surface area contributed by atoms with Gasteiger partial charge in [-0.2, -0.15) is 0 Å². The van der Waals surface area contributed by atoms with Gasteiger partial charge in [0.1, 0.15) is 5.82 Å². The van der Waals surface area contributed by atoms with Gasteiger partial charge in [-0.1, -0.05) is 52.8 Å². The Morgan fingerprint density at radius 2 is 1.62 bits per heavy atom. The standard InChI is InChI=1S/C28H41N3O/c1-21(20-32)11-14-30-15-17-31(18-16-30)26-8-6-7-25(29-26)22-9-10-23-24(19-22)28(4,5)13-12-27(23,2)3/h6-10,19,21,32H,11-18,20H2,1-5H3. The van der Waals surface area contributed by atoms with Gasteiger partial charge >= 0.3 is 0 Å². The fraction of sp³-hybridized carbons (Fsp3) is 0.607. The lowest BCUT2D eigenvalue weighted by molar-refractivity contribution is 0.194. The number of rotatable bonds is 6. The van der Waals surface area contributed by atoms with E-state index < -0.39 is 0 Å². The molecule has 2 heterocycles. The van der Waals surface area contributed by atoms with Crippen LogP contribution in [0.4, 0.5) is 5.82 Å². The van der Waals surface area contributed by atoms with Crippen LogP contribution in [0.2, 0.25) is 0 Å². The second-order valence-electron chi connectivity index (χ2n) is 11.3. The van der Waals surface area contributed by atoms with E-state index in [4.69, 9.17) is 4.98 Å². The molecule has 4 heteroatoms. The van der Waals surface area contributed by atoms with E-state index in [1.165, 1.54) is 29.5 Å². The molecule has 1 N–H and O–H groups in total. The van der Waals surface area contributed by atoms with Crippen molar-refractivity contribution in [1.82, 2.24) is 9.88 Å². The van der Waals surface area contributed by atoms with Gasteiger partial charge in [-0.3, -0.25) is 4.90 Å². The van der Waals surface area contributed by atoms with Crippen LogP contribution < -0.4 is 4.90 Å². The van der Waals surface area contributed by atoms with Gasteiger partial charge in [0.2, 0.25) is 0 Å². The number of nitrogens with zero attached hydrogens (tertiary/aromatic N) is 3. The summed E-state index contributed by atoms with van der Waals surface area (Å²) in [5, 5.41) is 9.26. The normalized spacial score (nSPS) is 21.2. The van der Waals surface area contributed by atoms with Crippen LogP contribution in [0.3, 0.4) is 0 Å². The van der Waals surface area contributed by atoms with E-state index in [9.17, 15) is 5.11 Å². The van der Waals surface area contributed by atoms with Crippen molar-refractivity contribution in [2.24, 2.45) is 5.92 Å². The van der Waals surface area contributed by atoms with Crippen molar-refractivity contribution >= 4 is 5.82 Å². The van der Waals surface area contributed by atoms with Crippen LogP contribution in [-0.2, 0) is 10.8 Å². The highest BCUT2D eigenvalue weighted by atomic mass is 16.3. The number of aromatic nitrogens is 1. The summed E-state index contributed by atoms with van der Waals surface area (Å²) < 4.78 is 0. The summed E-state index contributed by atoms with van der Waals surface area (Å²) in [5.74, 6) is 1.47. The van der Waals surface area contributed by atoms with Crippen molar-refractivity contribution in [2.45, 2.75) is 64.7 Å². The molecular formula is C28H41N3O. The molecule has 1 aromatic heterocycles. The number of aliphatic hydroxyl groups is 1. The van der Waals surface area contributed by atoms with Crippen molar-refractivity contribution in [3.05, 3.63) is 47.5 Å². The van der Waals surface area contributed by atoms with Crippen molar-refractivity contribution in [2.75, 3.05) is 44.2 Å². The van der Waals surface area contributed by atoms with E-state index >= 15 is 0 Å². The molecule has 4 nitrogen and oxygen atoms in total. The number of benzene rings is 1. The van der Waals surface area contributed by atoms with Crippen LogP contribution in [0.5, 0.6) is 0 Å². The van der Waals surface area contributed by atoms with Gasteiger partial charge in [0.05, 0.1) is 5.69 Å². The number of anilines is 1. The molecule has 2 aliphatic rings. The van der Waals surface area contributed by atoms with Gasteiger partial charge in [0.15, 0.2) is 0 Å². The number of hydrogen-bond donors (Lipinski definition) is 1. The van der Waals surface area contributed by atoms with E-state index in [-0.39, 0.29) is 17.4 Å². The van der Waals surface area contributed by atoms with Crippen molar-refractivity contribution in [3.8, 4) is 11.3 Å². The Morgan fingerprint density at radius 3 is 2.31 bits per heavy atom.